The Bertz CT molecular complexity index is 144. The van der Waals surface area contributed by atoms with Crippen LogP contribution in [0.25, 0.3) is 0 Å². The van der Waals surface area contributed by atoms with Crippen LogP contribution in [0.5, 0.6) is 0 Å². The topological polar surface area (TPSA) is 57.5 Å². The van der Waals surface area contributed by atoms with Crippen molar-refractivity contribution in [2.75, 3.05) is 0 Å². The Labute approximate surface area is 59.7 Å². The lowest BCUT2D eigenvalue weighted by molar-refractivity contribution is -0.132. The summed E-state index contributed by atoms with van der Waals surface area (Å²) in [5.41, 5.74) is 0. The highest BCUT2D eigenvalue weighted by Crippen LogP contribution is 2.20. The fourth-order valence-corrected chi connectivity index (χ4v) is 1.19. The number of Topliss-reactive ketones (excluding diaryl/α,β-unsaturated/α-hetero) is 1. The molecule has 1 rings (SSSR count). The van der Waals surface area contributed by atoms with Crippen molar-refractivity contribution >= 4 is 5.78 Å². The summed E-state index contributed by atoms with van der Waals surface area (Å²) in [4.78, 5) is 10.9. The minimum Gasteiger partial charge on any atom is -0.390 e. The molecule has 0 aromatic heterocycles. The van der Waals surface area contributed by atoms with Crippen LogP contribution in [-0.2, 0) is 4.79 Å². The number of carbonyl (C=O) groups excluding carboxylic acids is 1. The maximum atomic E-state index is 10.9. The van der Waals surface area contributed by atoms with Gasteiger partial charge in [0.1, 0.15) is 5.78 Å². The maximum Gasteiger partial charge on any atom is 0.138 e. The van der Waals surface area contributed by atoms with Crippen LogP contribution in [0.4, 0.5) is 0 Å². The number of ketones is 1. The molecular formula is C7H12O3. The molecule has 0 aliphatic heterocycles. The minimum atomic E-state index is -0.830. The first-order valence-electron chi connectivity index (χ1n) is 3.50. The zero-order valence-corrected chi connectivity index (χ0v) is 5.95. The van der Waals surface area contributed by atoms with Crippen molar-refractivity contribution in [1.29, 1.82) is 0 Å². The van der Waals surface area contributed by atoms with Gasteiger partial charge in [-0.15, -0.1) is 0 Å². The molecular weight excluding hydrogens is 132 g/mol. The summed E-state index contributed by atoms with van der Waals surface area (Å²) in [5, 5.41) is 18.1. The van der Waals surface area contributed by atoms with E-state index < -0.39 is 12.2 Å². The first-order valence-corrected chi connectivity index (χ1v) is 3.50. The van der Waals surface area contributed by atoms with E-state index in [0.29, 0.717) is 6.42 Å². The Morgan fingerprint density at radius 1 is 1.40 bits per heavy atom. The van der Waals surface area contributed by atoms with Gasteiger partial charge in [-0.3, -0.25) is 4.79 Å². The largest absolute Gasteiger partial charge is 0.390 e. The molecule has 10 heavy (non-hydrogen) atoms. The predicted octanol–water partition coefficient (Wildman–Crippen LogP) is -0.293. The van der Waals surface area contributed by atoms with Gasteiger partial charge in [0.05, 0.1) is 12.2 Å². The summed E-state index contributed by atoms with van der Waals surface area (Å²) in [6.07, 6.45) is -1.01. The van der Waals surface area contributed by atoms with Crippen LogP contribution < -0.4 is 0 Å². The molecule has 1 fully saturated rings. The minimum absolute atomic E-state index is 0.0535. The van der Waals surface area contributed by atoms with Gasteiger partial charge < -0.3 is 10.2 Å². The van der Waals surface area contributed by atoms with E-state index in [-0.39, 0.29) is 18.1 Å². The van der Waals surface area contributed by atoms with E-state index in [0.717, 1.165) is 0 Å². The number of rotatable bonds is 0. The molecule has 0 heterocycles. The van der Waals surface area contributed by atoms with Gasteiger partial charge in [0.15, 0.2) is 0 Å². The maximum absolute atomic E-state index is 10.9. The SMILES string of the molecule is C[C@H]1C[C@H](O)[C@H](O)CC1=O. The van der Waals surface area contributed by atoms with E-state index in [4.69, 9.17) is 10.2 Å². The van der Waals surface area contributed by atoms with Crippen molar-refractivity contribution in [3.05, 3.63) is 0 Å². The standard InChI is InChI=1S/C7H12O3/c1-4-2-6(9)7(10)3-5(4)8/h4,6-7,9-10H,2-3H2,1H3/t4-,6-,7+/m0/s1. The Kier molecular flexibility index (Phi) is 2.06. The molecule has 0 saturated heterocycles. The molecule has 0 spiro atoms. The lowest BCUT2D eigenvalue weighted by Gasteiger charge is -2.26. The normalized spacial score (nSPS) is 41.9. The molecule has 3 atom stereocenters. The van der Waals surface area contributed by atoms with Gasteiger partial charge >= 0.3 is 0 Å². The third-order valence-electron chi connectivity index (χ3n) is 2.00. The second kappa shape index (κ2) is 2.68. The van der Waals surface area contributed by atoms with Crippen molar-refractivity contribution in [2.45, 2.75) is 32.0 Å². The van der Waals surface area contributed by atoms with Crippen molar-refractivity contribution in [1.82, 2.24) is 0 Å². The first kappa shape index (κ1) is 7.69. The Balaban J connectivity index is 2.54. The Hall–Kier alpha value is -0.410. The molecule has 1 aliphatic carbocycles. The molecule has 2 N–H and O–H groups in total. The third-order valence-corrected chi connectivity index (χ3v) is 2.00. The highest BCUT2D eigenvalue weighted by atomic mass is 16.3. The predicted molar refractivity (Wildman–Crippen MR) is 35.4 cm³/mol. The second-order valence-corrected chi connectivity index (χ2v) is 2.94. The van der Waals surface area contributed by atoms with Crippen LogP contribution in [0.1, 0.15) is 19.8 Å². The van der Waals surface area contributed by atoms with Crippen LogP contribution in [-0.4, -0.2) is 28.2 Å². The van der Waals surface area contributed by atoms with E-state index in [1.165, 1.54) is 0 Å². The van der Waals surface area contributed by atoms with Crippen LogP contribution >= 0.6 is 0 Å². The van der Waals surface area contributed by atoms with Crippen LogP contribution in [0, 0.1) is 5.92 Å². The van der Waals surface area contributed by atoms with E-state index in [9.17, 15) is 4.79 Å². The zero-order valence-electron chi connectivity index (χ0n) is 5.95. The smallest absolute Gasteiger partial charge is 0.138 e. The summed E-state index contributed by atoms with van der Waals surface area (Å²) in [7, 11) is 0. The van der Waals surface area contributed by atoms with Crippen LogP contribution in [0.2, 0.25) is 0 Å². The molecule has 0 bridgehead atoms. The molecule has 3 heteroatoms. The summed E-state index contributed by atoms with van der Waals surface area (Å²) < 4.78 is 0. The Morgan fingerprint density at radius 2 is 2.00 bits per heavy atom. The molecule has 3 nitrogen and oxygen atoms in total. The van der Waals surface area contributed by atoms with Gasteiger partial charge in [-0.2, -0.15) is 0 Å². The molecule has 0 radical (unpaired) electrons. The Morgan fingerprint density at radius 3 is 2.50 bits per heavy atom. The van der Waals surface area contributed by atoms with Crippen molar-refractivity contribution in [2.24, 2.45) is 5.92 Å². The van der Waals surface area contributed by atoms with E-state index >= 15 is 0 Å². The fourth-order valence-electron chi connectivity index (χ4n) is 1.19. The average molecular weight is 144 g/mol. The van der Waals surface area contributed by atoms with Gasteiger partial charge in [0.25, 0.3) is 0 Å². The number of hydrogen-bond acceptors (Lipinski definition) is 3. The van der Waals surface area contributed by atoms with E-state index in [2.05, 4.69) is 0 Å². The quantitative estimate of drug-likeness (QED) is 0.491. The van der Waals surface area contributed by atoms with Crippen molar-refractivity contribution in [3.8, 4) is 0 Å². The molecule has 0 aromatic rings. The number of carbonyl (C=O) groups is 1. The highest BCUT2D eigenvalue weighted by molar-refractivity contribution is 5.82. The van der Waals surface area contributed by atoms with Gasteiger partial charge in [-0.25, -0.2) is 0 Å². The van der Waals surface area contributed by atoms with Crippen LogP contribution in [0.15, 0.2) is 0 Å². The summed E-state index contributed by atoms with van der Waals surface area (Å²) in [6, 6.07) is 0. The van der Waals surface area contributed by atoms with Gasteiger partial charge in [-0.1, -0.05) is 6.92 Å². The summed E-state index contributed by atoms with van der Waals surface area (Å²) in [5.74, 6) is -0.0313. The van der Waals surface area contributed by atoms with E-state index in [1.54, 1.807) is 6.92 Å². The molecule has 0 amide bonds. The van der Waals surface area contributed by atoms with E-state index in [1.807, 2.05) is 0 Å². The van der Waals surface area contributed by atoms with Crippen molar-refractivity contribution in [3.63, 3.8) is 0 Å². The summed E-state index contributed by atoms with van der Waals surface area (Å²) >= 11 is 0. The number of aliphatic hydroxyl groups excluding tert-OH is 2. The molecule has 1 saturated carbocycles. The monoisotopic (exact) mass is 144 g/mol. The van der Waals surface area contributed by atoms with Crippen molar-refractivity contribution < 1.29 is 15.0 Å². The fraction of sp³-hybridized carbons (Fsp3) is 0.857. The lowest BCUT2D eigenvalue weighted by Crippen LogP contribution is -2.38. The second-order valence-electron chi connectivity index (χ2n) is 2.94. The van der Waals surface area contributed by atoms with Gasteiger partial charge in [0.2, 0.25) is 0 Å². The summed E-state index contributed by atoms with van der Waals surface area (Å²) in [6.45, 7) is 1.78. The average Bonchev–Trinajstić information content (AvgIpc) is 1.84. The number of aliphatic hydroxyl groups is 2. The molecule has 1 aliphatic rings. The first-order chi connectivity index (χ1) is 4.61. The lowest BCUT2D eigenvalue weighted by atomic mass is 9.86. The molecule has 0 aromatic carbocycles. The molecule has 58 valence electrons. The number of hydrogen-bond donors (Lipinski definition) is 2. The van der Waals surface area contributed by atoms with Crippen LogP contribution in [0.3, 0.4) is 0 Å². The zero-order chi connectivity index (χ0) is 7.72. The van der Waals surface area contributed by atoms with Gasteiger partial charge in [-0.05, 0) is 6.42 Å². The third kappa shape index (κ3) is 1.36. The highest BCUT2D eigenvalue weighted by Gasteiger charge is 2.30. The van der Waals surface area contributed by atoms with Gasteiger partial charge in [0, 0.05) is 12.3 Å². The molecule has 0 unspecified atom stereocenters.